The van der Waals surface area contributed by atoms with Gasteiger partial charge >= 0.3 is 0 Å². The number of amides is 2. The standard InChI is InChI=1S/C19H17N3O2S/c1-12-4-3-5-16-18(12)22-19(25-16)21-17(24)11-8-14-6-9-15(10-7-14)20-13(2)23/h3-11H,1-2H3,(H,20,23)(H,21,22,24)/b11-8+. The lowest BCUT2D eigenvalue weighted by Gasteiger charge is -2.01. The van der Waals surface area contributed by atoms with Gasteiger partial charge in [-0.3, -0.25) is 14.9 Å². The van der Waals surface area contributed by atoms with Crippen molar-refractivity contribution >= 4 is 50.3 Å². The molecule has 1 aromatic heterocycles. The Bertz CT molecular complexity index is 958. The first-order valence-electron chi connectivity index (χ1n) is 7.74. The van der Waals surface area contributed by atoms with E-state index in [1.165, 1.54) is 24.3 Å². The molecule has 0 radical (unpaired) electrons. The molecule has 3 aromatic rings. The summed E-state index contributed by atoms with van der Waals surface area (Å²) in [5, 5.41) is 6.07. The van der Waals surface area contributed by atoms with Gasteiger partial charge < -0.3 is 5.32 Å². The summed E-state index contributed by atoms with van der Waals surface area (Å²) in [5.41, 5.74) is 3.59. The third-order valence-electron chi connectivity index (χ3n) is 3.51. The molecule has 0 bridgehead atoms. The molecule has 0 saturated heterocycles. The number of aryl methyl sites for hydroxylation is 1. The van der Waals surface area contributed by atoms with Crippen LogP contribution < -0.4 is 10.6 Å². The van der Waals surface area contributed by atoms with Crippen molar-refractivity contribution in [3.8, 4) is 0 Å². The minimum absolute atomic E-state index is 0.117. The Hall–Kier alpha value is -2.99. The molecule has 0 aliphatic heterocycles. The van der Waals surface area contributed by atoms with Crippen LogP contribution in [0.25, 0.3) is 16.3 Å². The van der Waals surface area contributed by atoms with Crippen molar-refractivity contribution in [2.75, 3.05) is 10.6 Å². The molecular formula is C19H17N3O2S. The summed E-state index contributed by atoms with van der Waals surface area (Å²) in [7, 11) is 0. The maximum Gasteiger partial charge on any atom is 0.250 e. The second-order valence-electron chi connectivity index (χ2n) is 5.57. The van der Waals surface area contributed by atoms with Crippen molar-refractivity contribution in [2.24, 2.45) is 0 Å². The van der Waals surface area contributed by atoms with E-state index in [0.717, 1.165) is 27.0 Å². The van der Waals surface area contributed by atoms with Gasteiger partial charge in [-0.05, 0) is 42.3 Å². The lowest BCUT2D eigenvalue weighted by atomic mass is 10.2. The van der Waals surface area contributed by atoms with E-state index in [4.69, 9.17) is 0 Å². The average Bonchev–Trinajstić information content (AvgIpc) is 2.97. The lowest BCUT2D eigenvalue weighted by molar-refractivity contribution is -0.114. The molecule has 0 aliphatic carbocycles. The van der Waals surface area contributed by atoms with Crippen molar-refractivity contribution in [1.29, 1.82) is 0 Å². The molecule has 0 saturated carbocycles. The highest BCUT2D eigenvalue weighted by atomic mass is 32.1. The molecule has 126 valence electrons. The molecule has 0 fully saturated rings. The summed E-state index contributed by atoms with van der Waals surface area (Å²) in [4.78, 5) is 27.5. The number of nitrogens with zero attached hydrogens (tertiary/aromatic N) is 1. The molecule has 0 atom stereocenters. The Morgan fingerprint density at radius 2 is 1.84 bits per heavy atom. The van der Waals surface area contributed by atoms with Crippen molar-refractivity contribution in [3.05, 3.63) is 59.7 Å². The van der Waals surface area contributed by atoms with Crippen molar-refractivity contribution in [2.45, 2.75) is 13.8 Å². The van der Waals surface area contributed by atoms with Gasteiger partial charge in [-0.2, -0.15) is 0 Å². The molecule has 6 heteroatoms. The van der Waals surface area contributed by atoms with E-state index < -0.39 is 0 Å². The van der Waals surface area contributed by atoms with Crippen LogP contribution in [-0.2, 0) is 9.59 Å². The Balaban J connectivity index is 1.65. The summed E-state index contributed by atoms with van der Waals surface area (Å²) in [6, 6.07) is 13.2. The second kappa shape index (κ2) is 7.27. The normalized spacial score (nSPS) is 11.0. The zero-order valence-electron chi connectivity index (χ0n) is 13.9. The van der Waals surface area contributed by atoms with Gasteiger partial charge in [0.15, 0.2) is 5.13 Å². The smallest absolute Gasteiger partial charge is 0.250 e. The highest BCUT2D eigenvalue weighted by Gasteiger charge is 2.07. The van der Waals surface area contributed by atoms with E-state index in [2.05, 4.69) is 15.6 Å². The van der Waals surface area contributed by atoms with Gasteiger partial charge in [0.2, 0.25) is 11.8 Å². The Kier molecular flexibility index (Phi) is 4.90. The van der Waals surface area contributed by atoms with Crippen molar-refractivity contribution < 1.29 is 9.59 Å². The monoisotopic (exact) mass is 351 g/mol. The summed E-state index contributed by atoms with van der Waals surface area (Å²) < 4.78 is 1.05. The topological polar surface area (TPSA) is 71.1 Å². The number of hydrogen-bond acceptors (Lipinski definition) is 4. The van der Waals surface area contributed by atoms with Crippen LogP contribution in [0.3, 0.4) is 0 Å². The van der Waals surface area contributed by atoms with Crippen molar-refractivity contribution in [1.82, 2.24) is 4.98 Å². The van der Waals surface area contributed by atoms with Crippen LogP contribution in [0.1, 0.15) is 18.1 Å². The number of carbonyl (C=O) groups excluding carboxylic acids is 2. The third-order valence-corrected chi connectivity index (χ3v) is 4.45. The number of benzene rings is 2. The molecule has 0 aliphatic rings. The summed E-state index contributed by atoms with van der Waals surface area (Å²) >= 11 is 1.45. The molecule has 25 heavy (non-hydrogen) atoms. The summed E-state index contributed by atoms with van der Waals surface area (Å²) in [6.45, 7) is 3.46. The van der Waals surface area contributed by atoms with E-state index >= 15 is 0 Å². The fourth-order valence-corrected chi connectivity index (χ4v) is 3.29. The fraction of sp³-hybridized carbons (Fsp3) is 0.105. The van der Waals surface area contributed by atoms with Gasteiger partial charge in [0.1, 0.15) is 0 Å². The van der Waals surface area contributed by atoms with Crippen LogP contribution in [0.4, 0.5) is 10.8 Å². The van der Waals surface area contributed by atoms with Crippen LogP contribution >= 0.6 is 11.3 Å². The number of hydrogen-bond donors (Lipinski definition) is 2. The Morgan fingerprint density at radius 3 is 2.52 bits per heavy atom. The molecule has 0 unspecified atom stereocenters. The summed E-state index contributed by atoms with van der Waals surface area (Å²) in [6.07, 6.45) is 3.18. The predicted molar refractivity (Wildman–Crippen MR) is 103 cm³/mol. The Labute approximate surface area is 149 Å². The van der Waals surface area contributed by atoms with E-state index in [1.54, 1.807) is 18.2 Å². The number of aromatic nitrogens is 1. The van der Waals surface area contributed by atoms with E-state index in [0.29, 0.717) is 5.13 Å². The first-order chi connectivity index (χ1) is 12.0. The number of rotatable bonds is 4. The highest BCUT2D eigenvalue weighted by molar-refractivity contribution is 7.22. The minimum Gasteiger partial charge on any atom is -0.326 e. The number of thiazole rings is 1. The third kappa shape index (κ3) is 4.30. The van der Waals surface area contributed by atoms with Gasteiger partial charge in [0.25, 0.3) is 0 Å². The minimum atomic E-state index is -0.234. The number of anilines is 2. The van der Waals surface area contributed by atoms with Crippen LogP contribution in [0.5, 0.6) is 0 Å². The maximum atomic E-state index is 12.1. The number of fused-ring (bicyclic) bond motifs is 1. The molecule has 3 rings (SSSR count). The summed E-state index contributed by atoms with van der Waals surface area (Å²) in [5.74, 6) is -0.351. The van der Waals surface area contributed by atoms with Crippen LogP contribution in [0, 0.1) is 6.92 Å². The maximum absolute atomic E-state index is 12.1. The zero-order chi connectivity index (χ0) is 17.8. The van der Waals surface area contributed by atoms with Gasteiger partial charge in [-0.1, -0.05) is 35.6 Å². The zero-order valence-corrected chi connectivity index (χ0v) is 14.7. The largest absolute Gasteiger partial charge is 0.326 e. The van der Waals surface area contributed by atoms with E-state index in [1.807, 2.05) is 37.3 Å². The SMILES string of the molecule is CC(=O)Nc1ccc(/C=C/C(=O)Nc2nc3c(C)cccc3s2)cc1. The van der Waals surface area contributed by atoms with Gasteiger partial charge in [0.05, 0.1) is 10.2 Å². The molecule has 5 nitrogen and oxygen atoms in total. The van der Waals surface area contributed by atoms with Crippen LogP contribution in [0.2, 0.25) is 0 Å². The molecule has 0 spiro atoms. The number of nitrogens with one attached hydrogen (secondary N) is 2. The molecule has 2 aromatic carbocycles. The molecule has 2 N–H and O–H groups in total. The average molecular weight is 351 g/mol. The van der Waals surface area contributed by atoms with Crippen LogP contribution in [-0.4, -0.2) is 16.8 Å². The fourth-order valence-electron chi connectivity index (χ4n) is 2.34. The quantitative estimate of drug-likeness (QED) is 0.692. The van der Waals surface area contributed by atoms with Gasteiger partial charge in [0, 0.05) is 18.7 Å². The highest BCUT2D eigenvalue weighted by Crippen LogP contribution is 2.27. The second-order valence-corrected chi connectivity index (χ2v) is 6.60. The molecular weight excluding hydrogens is 334 g/mol. The van der Waals surface area contributed by atoms with Gasteiger partial charge in [-0.15, -0.1) is 0 Å². The predicted octanol–water partition coefficient (Wildman–Crippen LogP) is 4.22. The van der Waals surface area contributed by atoms with E-state index in [-0.39, 0.29) is 11.8 Å². The first-order valence-corrected chi connectivity index (χ1v) is 8.56. The van der Waals surface area contributed by atoms with Gasteiger partial charge in [-0.25, -0.2) is 4.98 Å². The van der Waals surface area contributed by atoms with Crippen LogP contribution in [0.15, 0.2) is 48.5 Å². The molecule has 1 heterocycles. The first kappa shape index (κ1) is 16.9. The Morgan fingerprint density at radius 1 is 1.08 bits per heavy atom. The lowest BCUT2D eigenvalue weighted by Crippen LogP contribution is -2.07. The van der Waals surface area contributed by atoms with E-state index in [9.17, 15) is 9.59 Å². The molecule has 2 amide bonds. The number of carbonyl (C=O) groups is 2. The number of para-hydroxylation sites is 1. The van der Waals surface area contributed by atoms with Crippen molar-refractivity contribution in [3.63, 3.8) is 0 Å².